The highest BCUT2D eigenvalue weighted by molar-refractivity contribution is 6.31. The Hall–Kier alpha value is -0.620. The normalized spacial score (nSPS) is 22.1. The predicted molar refractivity (Wildman–Crippen MR) is 79.1 cm³/mol. The van der Waals surface area contributed by atoms with Crippen molar-refractivity contribution in [1.82, 2.24) is 15.1 Å². The molecule has 0 aliphatic carbocycles. The van der Waals surface area contributed by atoms with E-state index in [1.165, 1.54) is 0 Å². The van der Waals surface area contributed by atoms with Crippen molar-refractivity contribution in [1.29, 1.82) is 0 Å². The van der Waals surface area contributed by atoms with Crippen molar-refractivity contribution in [2.24, 2.45) is 7.05 Å². The third-order valence-corrected chi connectivity index (χ3v) is 3.89. The smallest absolute Gasteiger partial charge is 0.0940 e. The molecule has 1 saturated heterocycles. The van der Waals surface area contributed by atoms with Crippen molar-refractivity contribution in [3.8, 4) is 0 Å². The van der Waals surface area contributed by atoms with Crippen LogP contribution < -0.4 is 5.32 Å². The van der Waals surface area contributed by atoms with Crippen LogP contribution in [-0.4, -0.2) is 41.2 Å². The van der Waals surface area contributed by atoms with E-state index in [0.717, 1.165) is 35.9 Å². The molecule has 1 aliphatic heterocycles. The van der Waals surface area contributed by atoms with E-state index in [-0.39, 0.29) is 11.7 Å². The Labute approximate surface area is 125 Å². The van der Waals surface area contributed by atoms with Crippen LogP contribution in [0.3, 0.4) is 0 Å². The molecule has 0 saturated carbocycles. The molecule has 0 amide bonds. The van der Waals surface area contributed by atoms with Gasteiger partial charge >= 0.3 is 0 Å². The average molecular weight is 302 g/mol. The number of halogens is 1. The van der Waals surface area contributed by atoms with E-state index in [0.29, 0.717) is 13.2 Å². The van der Waals surface area contributed by atoms with Gasteiger partial charge in [-0.2, -0.15) is 5.10 Å². The SMILES string of the molecule is CCc1nn(C)c(COCC2CNCC(C)(C)O2)c1Cl. The summed E-state index contributed by atoms with van der Waals surface area (Å²) in [5, 5.41) is 8.46. The Bertz CT molecular complexity index is 460. The minimum Gasteiger partial charge on any atom is -0.372 e. The number of nitrogens with zero attached hydrogens (tertiary/aromatic N) is 2. The van der Waals surface area contributed by atoms with Gasteiger partial charge < -0.3 is 14.8 Å². The molecule has 2 rings (SSSR count). The number of nitrogens with one attached hydrogen (secondary N) is 1. The molecule has 0 spiro atoms. The van der Waals surface area contributed by atoms with Crippen LogP contribution in [0.2, 0.25) is 5.02 Å². The second kappa shape index (κ2) is 6.43. The summed E-state index contributed by atoms with van der Waals surface area (Å²) in [6.07, 6.45) is 0.910. The first kappa shape index (κ1) is 15.8. The fraction of sp³-hybridized carbons (Fsp3) is 0.786. The number of morpholine rings is 1. The molecule has 1 aromatic heterocycles. The molecule has 2 heterocycles. The van der Waals surface area contributed by atoms with E-state index in [2.05, 4.69) is 24.3 Å². The summed E-state index contributed by atoms with van der Waals surface area (Å²) in [4.78, 5) is 0. The zero-order chi connectivity index (χ0) is 14.8. The van der Waals surface area contributed by atoms with Gasteiger partial charge in [-0.05, 0) is 20.3 Å². The summed E-state index contributed by atoms with van der Waals surface area (Å²) in [5.41, 5.74) is 1.71. The van der Waals surface area contributed by atoms with Gasteiger partial charge in [0.25, 0.3) is 0 Å². The zero-order valence-corrected chi connectivity index (χ0v) is 13.5. The van der Waals surface area contributed by atoms with Gasteiger partial charge in [0, 0.05) is 20.1 Å². The van der Waals surface area contributed by atoms with Crippen LogP contribution in [0.5, 0.6) is 0 Å². The van der Waals surface area contributed by atoms with Crippen molar-refractivity contribution in [2.45, 2.75) is 45.5 Å². The summed E-state index contributed by atoms with van der Waals surface area (Å²) in [6.45, 7) is 8.92. The molecule has 0 radical (unpaired) electrons. The molecule has 1 aliphatic rings. The molecule has 1 N–H and O–H groups in total. The molecule has 0 bridgehead atoms. The fourth-order valence-electron chi connectivity index (χ4n) is 2.43. The number of ether oxygens (including phenoxy) is 2. The van der Waals surface area contributed by atoms with Crippen molar-refractivity contribution < 1.29 is 9.47 Å². The second-order valence-corrected chi connectivity index (χ2v) is 6.21. The highest BCUT2D eigenvalue weighted by Gasteiger charge is 2.28. The molecular formula is C14H24ClN3O2. The van der Waals surface area contributed by atoms with Gasteiger partial charge in [0.2, 0.25) is 0 Å². The quantitative estimate of drug-likeness (QED) is 0.903. The van der Waals surface area contributed by atoms with Gasteiger partial charge in [-0.15, -0.1) is 0 Å². The molecule has 1 aromatic rings. The van der Waals surface area contributed by atoms with Gasteiger partial charge in [0.15, 0.2) is 0 Å². The highest BCUT2D eigenvalue weighted by Crippen LogP contribution is 2.22. The second-order valence-electron chi connectivity index (χ2n) is 5.83. The third-order valence-electron chi connectivity index (χ3n) is 3.45. The molecule has 6 heteroatoms. The molecule has 20 heavy (non-hydrogen) atoms. The minimum atomic E-state index is -0.133. The zero-order valence-electron chi connectivity index (χ0n) is 12.7. The lowest BCUT2D eigenvalue weighted by Crippen LogP contribution is -2.51. The minimum absolute atomic E-state index is 0.0800. The number of hydrogen-bond acceptors (Lipinski definition) is 4. The Balaban J connectivity index is 1.86. The van der Waals surface area contributed by atoms with Crippen LogP contribution in [-0.2, 0) is 29.5 Å². The maximum Gasteiger partial charge on any atom is 0.0940 e. The predicted octanol–water partition coefficient (Wildman–Crippen LogP) is 1.92. The first-order valence-electron chi connectivity index (χ1n) is 7.09. The Morgan fingerprint density at radius 2 is 2.30 bits per heavy atom. The van der Waals surface area contributed by atoms with Gasteiger partial charge in [0.05, 0.1) is 41.3 Å². The molecule has 1 atom stereocenters. The van der Waals surface area contributed by atoms with Crippen molar-refractivity contribution >= 4 is 11.6 Å². The maximum atomic E-state index is 6.29. The molecule has 1 fully saturated rings. The molecule has 114 valence electrons. The largest absolute Gasteiger partial charge is 0.372 e. The lowest BCUT2D eigenvalue weighted by molar-refractivity contribution is -0.122. The summed E-state index contributed by atoms with van der Waals surface area (Å²) in [7, 11) is 1.89. The number of aryl methyl sites for hydroxylation is 2. The van der Waals surface area contributed by atoms with E-state index in [9.17, 15) is 0 Å². The molecule has 0 aromatic carbocycles. The lowest BCUT2D eigenvalue weighted by Gasteiger charge is -2.36. The summed E-state index contributed by atoms with van der Waals surface area (Å²) < 4.78 is 13.5. The van der Waals surface area contributed by atoms with Crippen molar-refractivity contribution in [3.63, 3.8) is 0 Å². The van der Waals surface area contributed by atoms with Crippen LogP contribution in [0.1, 0.15) is 32.2 Å². The van der Waals surface area contributed by atoms with Crippen LogP contribution in [0.4, 0.5) is 0 Å². The standard InChI is InChI=1S/C14H24ClN3O2/c1-5-11-13(15)12(18(4)17-11)8-19-7-10-6-16-9-14(2,3)20-10/h10,16H,5-9H2,1-4H3. The van der Waals surface area contributed by atoms with Crippen LogP contribution in [0.15, 0.2) is 0 Å². The van der Waals surface area contributed by atoms with Crippen LogP contribution >= 0.6 is 11.6 Å². The number of aromatic nitrogens is 2. The van der Waals surface area contributed by atoms with Crippen molar-refractivity contribution in [2.75, 3.05) is 19.7 Å². The van der Waals surface area contributed by atoms with Gasteiger partial charge in [0.1, 0.15) is 0 Å². The summed E-state index contributed by atoms with van der Waals surface area (Å²) >= 11 is 6.29. The lowest BCUT2D eigenvalue weighted by atomic mass is 10.1. The number of rotatable bonds is 5. The average Bonchev–Trinajstić information content (AvgIpc) is 2.64. The molecule has 5 nitrogen and oxygen atoms in total. The third kappa shape index (κ3) is 3.73. The van der Waals surface area contributed by atoms with Crippen LogP contribution in [0.25, 0.3) is 0 Å². The van der Waals surface area contributed by atoms with E-state index in [1.54, 1.807) is 4.68 Å². The number of hydrogen-bond donors (Lipinski definition) is 1. The molecule has 1 unspecified atom stereocenters. The highest BCUT2D eigenvalue weighted by atomic mass is 35.5. The van der Waals surface area contributed by atoms with E-state index < -0.39 is 0 Å². The molecular weight excluding hydrogens is 278 g/mol. The van der Waals surface area contributed by atoms with E-state index in [4.69, 9.17) is 21.1 Å². The van der Waals surface area contributed by atoms with Gasteiger partial charge in [-0.1, -0.05) is 18.5 Å². The van der Waals surface area contributed by atoms with Gasteiger partial charge in [-0.25, -0.2) is 0 Å². The monoisotopic (exact) mass is 301 g/mol. The Kier molecular flexibility index (Phi) is 5.07. The van der Waals surface area contributed by atoms with Gasteiger partial charge in [-0.3, -0.25) is 4.68 Å². The van der Waals surface area contributed by atoms with Crippen LogP contribution in [0, 0.1) is 0 Å². The summed E-state index contributed by atoms with van der Waals surface area (Å²) in [5.74, 6) is 0. The Morgan fingerprint density at radius 1 is 1.55 bits per heavy atom. The topological polar surface area (TPSA) is 48.3 Å². The summed E-state index contributed by atoms with van der Waals surface area (Å²) in [6, 6.07) is 0. The van der Waals surface area contributed by atoms with Crippen molar-refractivity contribution in [3.05, 3.63) is 16.4 Å². The first-order valence-corrected chi connectivity index (χ1v) is 7.47. The fourth-order valence-corrected chi connectivity index (χ4v) is 2.77. The Morgan fingerprint density at radius 3 is 2.90 bits per heavy atom. The first-order chi connectivity index (χ1) is 9.43. The van der Waals surface area contributed by atoms with E-state index in [1.807, 2.05) is 14.0 Å². The van der Waals surface area contributed by atoms with E-state index >= 15 is 0 Å². The maximum absolute atomic E-state index is 6.29.